The predicted molar refractivity (Wildman–Crippen MR) is 84.6 cm³/mol. The molecule has 0 heterocycles. The Morgan fingerprint density at radius 3 is 2.15 bits per heavy atom. The zero-order valence-corrected chi connectivity index (χ0v) is 14.4. The number of nitrogens with one attached hydrogen (secondary N) is 1. The predicted octanol–water partition coefficient (Wildman–Crippen LogP) is 2.85. The molecule has 1 atom stereocenters. The summed E-state index contributed by atoms with van der Waals surface area (Å²) in [5.74, 6) is 0.553. The summed E-state index contributed by atoms with van der Waals surface area (Å²) in [6, 6.07) is 0.213. The maximum atomic E-state index is 11.9. The van der Waals surface area contributed by atoms with Gasteiger partial charge in [-0.3, -0.25) is 4.79 Å². The maximum absolute atomic E-state index is 11.9. The van der Waals surface area contributed by atoms with Crippen LogP contribution < -0.4 is 11.1 Å². The van der Waals surface area contributed by atoms with Gasteiger partial charge in [-0.05, 0) is 53.4 Å². The molecule has 1 amide bonds. The highest BCUT2D eigenvalue weighted by Crippen LogP contribution is 2.18. The lowest BCUT2D eigenvalue weighted by molar-refractivity contribution is -0.123. The zero-order valence-electron chi connectivity index (χ0n) is 14.4. The summed E-state index contributed by atoms with van der Waals surface area (Å²) >= 11 is 0. The molecule has 120 valence electrons. The van der Waals surface area contributed by atoms with Crippen LogP contribution in [0.2, 0.25) is 0 Å². The van der Waals surface area contributed by atoms with Crippen LogP contribution in [0.3, 0.4) is 0 Å². The molecule has 0 bridgehead atoms. The highest BCUT2D eigenvalue weighted by atomic mass is 16.5. The average molecular weight is 286 g/mol. The van der Waals surface area contributed by atoms with Crippen LogP contribution >= 0.6 is 0 Å². The van der Waals surface area contributed by atoms with Crippen molar-refractivity contribution in [3.8, 4) is 0 Å². The van der Waals surface area contributed by atoms with E-state index in [-0.39, 0.29) is 23.1 Å². The summed E-state index contributed by atoms with van der Waals surface area (Å²) in [5, 5.41) is 3.02. The molecule has 0 aliphatic rings. The lowest BCUT2D eigenvalue weighted by Crippen LogP contribution is -2.38. The monoisotopic (exact) mass is 286 g/mol. The summed E-state index contributed by atoms with van der Waals surface area (Å²) in [6.07, 6.45) is 2.03. The minimum atomic E-state index is -0.288. The van der Waals surface area contributed by atoms with Crippen molar-refractivity contribution >= 4 is 5.91 Å². The molecule has 20 heavy (non-hydrogen) atoms. The Morgan fingerprint density at radius 1 is 1.15 bits per heavy atom. The van der Waals surface area contributed by atoms with Gasteiger partial charge in [-0.25, -0.2) is 0 Å². The van der Waals surface area contributed by atoms with Crippen LogP contribution in [0.15, 0.2) is 0 Å². The van der Waals surface area contributed by atoms with Gasteiger partial charge in [-0.2, -0.15) is 0 Å². The summed E-state index contributed by atoms with van der Waals surface area (Å²) in [5.41, 5.74) is 5.43. The van der Waals surface area contributed by atoms with Crippen molar-refractivity contribution in [2.45, 2.75) is 84.9 Å². The van der Waals surface area contributed by atoms with Crippen molar-refractivity contribution in [1.82, 2.24) is 5.32 Å². The number of carbonyl (C=O) groups excluding carboxylic acids is 1. The molecule has 0 aliphatic carbocycles. The first-order valence-corrected chi connectivity index (χ1v) is 7.65. The lowest BCUT2D eigenvalue weighted by Gasteiger charge is -2.28. The van der Waals surface area contributed by atoms with Gasteiger partial charge >= 0.3 is 0 Å². The van der Waals surface area contributed by atoms with E-state index in [9.17, 15) is 4.79 Å². The summed E-state index contributed by atoms with van der Waals surface area (Å²) in [4.78, 5) is 11.9. The van der Waals surface area contributed by atoms with Crippen LogP contribution in [-0.2, 0) is 9.53 Å². The van der Waals surface area contributed by atoms with E-state index in [1.807, 2.05) is 34.6 Å². The van der Waals surface area contributed by atoms with E-state index in [0.29, 0.717) is 25.4 Å². The quantitative estimate of drug-likeness (QED) is 0.685. The molecule has 1 unspecified atom stereocenters. The van der Waals surface area contributed by atoms with E-state index in [4.69, 9.17) is 10.5 Å². The van der Waals surface area contributed by atoms with Crippen molar-refractivity contribution in [3.05, 3.63) is 0 Å². The van der Waals surface area contributed by atoms with Gasteiger partial charge in [0.25, 0.3) is 0 Å². The first kappa shape index (κ1) is 19.4. The van der Waals surface area contributed by atoms with E-state index in [1.165, 1.54) is 0 Å². The first-order chi connectivity index (χ1) is 8.93. The van der Waals surface area contributed by atoms with Gasteiger partial charge < -0.3 is 15.8 Å². The van der Waals surface area contributed by atoms with E-state index in [2.05, 4.69) is 19.2 Å². The minimum Gasteiger partial charge on any atom is -0.375 e. The molecule has 3 N–H and O–H groups in total. The summed E-state index contributed by atoms with van der Waals surface area (Å²) in [7, 11) is 0. The average Bonchev–Trinajstić information content (AvgIpc) is 2.24. The second-order valence-electron chi connectivity index (χ2n) is 7.45. The number of nitrogens with two attached hydrogens (primary N) is 1. The minimum absolute atomic E-state index is 0.0991. The fourth-order valence-corrected chi connectivity index (χ4v) is 1.57. The maximum Gasteiger partial charge on any atom is 0.220 e. The largest absolute Gasteiger partial charge is 0.375 e. The second-order valence-corrected chi connectivity index (χ2v) is 7.45. The van der Waals surface area contributed by atoms with E-state index in [0.717, 1.165) is 6.42 Å². The van der Waals surface area contributed by atoms with Gasteiger partial charge in [0, 0.05) is 24.6 Å². The Bertz CT molecular complexity index is 293. The Balaban J connectivity index is 4.00. The number of rotatable bonds is 9. The second kappa shape index (κ2) is 7.99. The molecule has 0 fully saturated rings. The van der Waals surface area contributed by atoms with Gasteiger partial charge in [0.05, 0.1) is 5.60 Å². The zero-order chi connectivity index (χ0) is 16.0. The molecule has 0 rings (SSSR count). The molecule has 0 aliphatic heterocycles. The Hall–Kier alpha value is -0.610. The van der Waals surface area contributed by atoms with Crippen LogP contribution in [0.5, 0.6) is 0 Å². The molecular weight excluding hydrogens is 252 g/mol. The molecule has 0 saturated carbocycles. The summed E-state index contributed by atoms with van der Waals surface area (Å²) in [6.45, 7) is 14.9. The fraction of sp³-hybridized carbons (Fsp3) is 0.938. The van der Waals surface area contributed by atoms with Crippen LogP contribution in [0, 0.1) is 5.92 Å². The van der Waals surface area contributed by atoms with Gasteiger partial charge in [-0.1, -0.05) is 13.8 Å². The van der Waals surface area contributed by atoms with Crippen molar-refractivity contribution in [1.29, 1.82) is 0 Å². The molecule has 0 radical (unpaired) electrons. The number of hydrogen-bond donors (Lipinski definition) is 2. The van der Waals surface area contributed by atoms with E-state index < -0.39 is 0 Å². The fourth-order valence-electron chi connectivity index (χ4n) is 1.57. The highest BCUT2D eigenvalue weighted by Gasteiger charge is 2.22. The van der Waals surface area contributed by atoms with Gasteiger partial charge in [0.2, 0.25) is 5.91 Å². The third kappa shape index (κ3) is 10.2. The van der Waals surface area contributed by atoms with Crippen LogP contribution in [-0.4, -0.2) is 29.7 Å². The molecule has 4 heteroatoms. The third-order valence-electron chi connectivity index (χ3n) is 3.58. The number of ether oxygens (including phenoxy) is 1. The van der Waals surface area contributed by atoms with Gasteiger partial charge in [0.1, 0.15) is 0 Å². The van der Waals surface area contributed by atoms with Crippen molar-refractivity contribution < 1.29 is 9.53 Å². The van der Waals surface area contributed by atoms with E-state index >= 15 is 0 Å². The number of hydrogen-bond acceptors (Lipinski definition) is 3. The van der Waals surface area contributed by atoms with Gasteiger partial charge in [0.15, 0.2) is 0 Å². The van der Waals surface area contributed by atoms with Crippen LogP contribution in [0.25, 0.3) is 0 Å². The Morgan fingerprint density at radius 2 is 1.70 bits per heavy atom. The highest BCUT2D eigenvalue weighted by molar-refractivity contribution is 5.76. The normalized spacial score (nSPS) is 14.4. The molecule has 0 aromatic heterocycles. The van der Waals surface area contributed by atoms with Crippen molar-refractivity contribution in [2.24, 2.45) is 11.7 Å². The Labute approximate surface area is 124 Å². The molecule has 0 aromatic rings. The molecule has 0 aromatic carbocycles. The summed E-state index contributed by atoms with van der Waals surface area (Å²) < 4.78 is 5.85. The van der Waals surface area contributed by atoms with Crippen molar-refractivity contribution in [3.63, 3.8) is 0 Å². The smallest absolute Gasteiger partial charge is 0.220 e. The molecular formula is C16H34N2O2. The topological polar surface area (TPSA) is 64.3 Å². The number of amides is 1. The third-order valence-corrected chi connectivity index (χ3v) is 3.58. The van der Waals surface area contributed by atoms with Crippen molar-refractivity contribution in [2.75, 3.05) is 6.61 Å². The van der Waals surface area contributed by atoms with E-state index in [1.54, 1.807) is 0 Å². The lowest BCUT2D eigenvalue weighted by atomic mass is 10.00. The Kier molecular flexibility index (Phi) is 7.74. The molecule has 0 spiro atoms. The SMILES string of the molecule is CC(C)C(C)NC(=O)CCC(C)(C)OCCC(C)(C)N. The van der Waals surface area contributed by atoms with Gasteiger partial charge in [-0.15, -0.1) is 0 Å². The molecule has 4 nitrogen and oxygen atoms in total. The van der Waals surface area contributed by atoms with Crippen LogP contribution in [0.4, 0.5) is 0 Å². The first-order valence-electron chi connectivity index (χ1n) is 7.65. The van der Waals surface area contributed by atoms with Crippen LogP contribution in [0.1, 0.15) is 67.7 Å². The molecule has 0 saturated heterocycles. The standard InChI is InChI=1S/C16H34N2O2/c1-12(2)13(3)18-14(19)8-9-16(6,7)20-11-10-15(4,5)17/h12-13H,8-11,17H2,1-7H3,(H,18,19). The number of carbonyl (C=O) groups is 1.